The van der Waals surface area contributed by atoms with Crippen LogP contribution in [-0.4, -0.2) is 28.0 Å². The first kappa shape index (κ1) is 27.6. The molecule has 2 N–H and O–H groups in total. The Morgan fingerprint density at radius 2 is 1.55 bits per heavy atom. The molecule has 0 amide bonds. The van der Waals surface area contributed by atoms with Crippen LogP contribution >= 0.6 is 11.3 Å². The predicted molar refractivity (Wildman–Crippen MR) is 164 cm³/mol. The predicted octanol–water partition coefficient (Wildman–Crippen LogP) is 7.72. The molecule has 5 aromatic rings. The summed E-state index contributed by atoms with van der Waals surface area (Å²) in [5, 5.41) is 1.06. The number of aromatic nitrogens is 1. The van der Waals surface area contributed by atoms with E-state index in [-0.39, 0.29) is 11.8 Å². The highest BCUT2D eigenvalue weighted by atomic mass is 32.1. The number of aryl methyl sites for hydroxylation is 1. The monoisotopic (exact) mass is 550 g/mol. The number of ether oxygens (including phenoxy) is 1. The fourth-order valence-corrected chi connectivity index (χ4v) is 5.78. The lowest BCUT2D eigenvalue weighted by Crippen LogP contribution is -2.37. The van der Waals surface area contributed by atoms with Gasteiger partial charge in [-0.15, -0.1) is 11.3 Å². The summed E-state index contributed by atoms with van der Waals surface area (Å²) in [5.41, 5.74) is 10.5. The van der Waals surface area contributed by atoms with Crippen molar-refractivity contribution in [1.29, 1.82) is 0 Å². The third-order valence-electron chi connectivity index (χ3n) is 6.73. The minimum Gasteiger partial charge on any atom is -0.459 e. The Balaban J connectivity index is 1.43. The molecule has 0 radical (unpaired) electrons. The van der Waals surface area contributed by atoms with Gasteiger partial charge in [-0.3, -0.25) is 9.59 Å². The molecule has 0 bridgehead atoms. The lowest BCUT2D eigenvalue weighted by molar-refractivity contribution is -0.156. The van der Waals surface area contributed by atoms with Crippen molar-refractivity contribution in [3.05, 3.63) is 108 Å². The minimum absolute atomic E-state index is 0.00930. The molecule has 1 unspecified atom stereocenters. The minimum atomic E-state index is -0.684. The first-order valence-corrected chi connectivity index (χ1v) is 14.4. The Kier molecular flexibility index (Phi) is 8.01. The van der Waals surface area contributed by atoms with Crippen LogP contribution in [-0.2, 0) is 16.1 Å². The van der Waals surface area contributed by atoms with E-state index in [0.29, 0.717) is 29.8 Å². The van der Waals surface area contributed by atoms with Gasteiger partial charge in [-0.1, -0.05) is 72.8 Å². The van der Waals surface area contributed by atoms with Gasteiger partial charge in [0.15, 0.2) is 0 Å². The molecule has 0 aliphatic carbocycles. The number of carbonyl (C=O) groups is 2. The summed E-state index contributed by atoms with van der Waals surface area (Å²) in [7, 11) is 0. The van der Waals surface area contributed by atoms with Gasteiger partial charge >= 0.3 is 5.97 Å². The van der Waals surface area contributed by atoms with E-state index in [4.69, 9.17) is 10.5 Å². The number of hydrogen-bond acceptors (Lipinski definition) is 5. The van der Waals surface area contributed by atoms with Gasteiger partial charge < -0.3 is 15.0 Å². The number of nitrogens with zero attached hydrogens (tertiary/aromatic N) is 1. The Morgan fingerprint density at radius 1 is 0.875 bits per heavy atom. The summed E-state index contributed by atoms with van der Waals surface area (Å²) in [6.45, 7) is 6.17. The third-order valence-corrected chi connectivity index (χ3v) is 7.86. The molecule has 2 aromatic heterocycles. The molecule has 3 aromatic carbocycles. The third kappa shape index (κ3) is 6.24. The highest BCUT2D eigenvalue weighted by Gasteiger charge is 2.22. The molecule has 0 fully saturated rings. The number of fused-ring (bicyclic) bond motifs is 1. The van der Waals surface area contributed by atoms with Crippen LogP contribution in [0.5, 0.6) is 0 Å². The largest absolute Gasteiger partial charge is 0.459 e. The van der Waals surface area contributed by atoms with Gasteiger partial charge in [0.2, 0.25) is 5.78 Å². The molecule has 5 rings (SSSR count). The van der Waals surface area contributed by atoms with Crippen LogP contribution in [0.15, 0.2) is 97.1 Å². The van der Waals surface area contributed by atoms with E-state index in [0.717, 1.165) is 32.6 Å². The molecule has 0 aliphatic heterocycles. The van der Waals surface area contributed by atoms with Crippen LogP contribution in [0.3, 0.4) is 0 Å². The molecule has 0 saturated heterocycles. The molecule has 2 heterocycles. The van der Waals surface area contributed by atoms with E-state index in [1.54, 1.807) is 0 Å². The number of thiophene rings is 1. The molecule has 5 nitrogen and oxygen atoms in total. The molecule has 0 aliphatic rings. The second-order valence-corrected chi connectivity index (χ2v) is 12.0. The maximum absolute atomic E-state index is 13.5. The van der Waals surface area contributed by atoms with Crippen molar-refractivity contribution in [2.45, 2.75) is 51.8 Å². The normalized spacial score (nSPS) is 12.4. The number of benzene rings is 3. The van der Waals surface area contributed by atoms with Gasteiger partial charge in [0.1, 0.15) is 11.6 Å². The van der Waals surface area contributed by atoms with Gasteiger partial charge in [0, 0.05) is 33.6 Å². The van der Waals surface area contributed by atoms with Crippen molar-refractivity contribution in [3.8, 4) is 21.7 Å². The molecule has 6 heteroatoms. The average molecular weight is 551 g/mol. The Bertz CT molecular complexity index is 1630. The van der Waals surface area contributed by atoms with Crippen molar-refractivity contribution in [1.82, 2.24) is 4.57 Å². The zero-order valence-corrected chi connectivity index (χ0v) is 23.9. The summed E-state index contributed by atoms with van der Waals surface area (Å²) in [4.78, 5) is 27.7. The van der Waals surface area contributed by atoms with Crippen LogP contribution in [0.4, 0.5) is 0 Å². The van der Waals surface area contributed by atoms with Crippen molar-refractivity contribution in [3.63, 3.8) is 0 Å². The summed E-state index contributed by atoms with van der Waals surface area (Å²) < 4.78 is 7.69. The molecule has 0 saturated carbocycles. The maximum Gasteiger partial charge on any atom is 0.323 e. The van der Waals surface area contributed by atoms with Crippen LogP contribution in [0, 0.1) is 0 Å². The van der Waals surface area contributed by atoms with Gasteiger partial charge in [-0.25, -0.2) is 0 Å². The number of nitrogens with two attached hydrogens (primary N) is 1. The van der Waals surface area contributed by atoms with E-state index in [9.17, 15) is 9.59 Å². The van der Waals surface area contributed by atoms with Crippen LogP contribution in [0.2, 0.25) is 0 Å². The molecule has 1 atom stereocenters. The maximum atomic E-state index is 13.5. The molecule has 0 spiro atoms. The number of esters is 1. The molecular weight excluding hydrogens is 516 g/mol. The average Bonchev–Trinajstić information content (AvgIpc) is 3.58. The van der Waals surface area contributed by atoms with Crippen molar-refractivity contribution < 1.29 is 14.3 Å². The fraction of sp³-hybridized carbons (Fsp3) is 0.235. The smallest absolute Gasteiger partial charge is 0.323 e. The number of ketones is 1. The zero-order chi connectivity index (χ0) is 28.3. The van der Waals surface area contributed by atoms with E-state index in [1.165, 1.54) is 11.3 Å². The zero-order valence-electron chi connectivity index (χ0n) is 23.1. The molecule has 204 valence electrons. The number of rotatable bonds is 9. The van der Waals surface area contributed by atoms with Crippen molar-refractivity contribution in [2.24, 2.45) is 5.73 Å². The first-order valence-electron chi connectivity index (χ1n) is 13.6. The standard InChI is InChI=1S/C34H34N2O3S/c1-34(2,3)39-33(38)27(35)15-10-20-36-28(23-11-6-4-7-12-23)21-25-16-17-26(22-29(25)36)32(37)31-19-18-30(40-31)24-13-8-5-9-14-24/h4-9,11-14,16-19,21-22,27H,10,15,20,35H2,1-3H3. The Morgan fingerprint density at radius 3 is 2.23 bits per heavy atom. The SMILES string of the molecule is CC(C)(C)OC(=O)C(N)CCCn1c(-c2ccccc2)cc2ccc(C(=O)c3ccc(-c4ccccc4)s3)cc21. The topological polar surface area (TPSA) is 74.3 Å². The van der Waals surface area contributed by atoms with E-state index < -0.39 is 11.6 Å². The quantitative estimate of drug-likeness (QED) is 0.151. The lowest BCUT2D eigenvalue weighted by Gasteiger charge is -2.22. The van der Waals surface area contributed by atoms with Gasteiger partial charge in [-0.05, 0) is 69.0 Å². The van der Waals surface area contributed by atoms with Gasteiger partial charge in [0.05, 0.1) is 4.88 Å². The summed E-state index contributed by atoms with van der Waals surface area (Å²) in [5.74, 6) is -0.373. The number of hydrogen-bond donors (Lipinski definition) is 1. The molecule has 40 heavy (non-hydrogen) atoms. The van der Waals surface area contributed by atoms with Gasteiger partial charge in [-0.2, -0.15) is 0 Å². The summed E-state index contributed by atoms with van der Waals surface area (Å²) >= 11 is 1.51. The van der Waals surface area contributed by atoms with Crippen LogP contribution < -0.4 is 5.73 Å². The Hall–Kier alpha value is -4.00. The molecular formula is C34H34N2O3S. The highest BCUT2D eigenvalue weighted by Crippen LogP contribution is 2.32. The fourth-order valence-electron chi connectivity index (χ4n) is 4.81. The second kappa shape index (κ2) is 11.6. The summed E-state index contributed by atoms with van der Waals surface area (Å²) in [6.07, 6.45) is 1.19. The first-order chi connectivity index (χ1) is 19.2. The second-order valence-electron chi connectivity index (χ2n) is 11.0. The highest BCUT2D eigenvalue weighted by molar-refractivity contribution is 7.17. The van der Waals surface area contributed by atoms with Crippen molar-refractivity contribution in [2.75, 3.05) is 0 Å². The van der Waals surface area contributed by atoms with Crippen LogP contribution in [0.1, 0.15) is 48.8 Å². The van der Waals surface area contributed by atoms with Gasteiger partial charge in [0.25, 0.3) is 0 Å². The van der Waals surface area contributed by atoms with E-state index in [1.807, 2.05) is 87.5 Å². The Labute approximate surface area is 239 Å². The van der Waals surface area contributed by atoms with E-state index in [2.05, 4.69) is 34.9 Å². The lowest BCUT2D eigenvalue weighted by atomic mass is 10.1. The van der Waals surface area contributed by atoms with Crippen LogP contribution in [0.25, 0.3) is 32.6 Å². The van der Waals surface area contributed by atoms with Crippen molar-refractivity contribution >= 4 is 34.0 Å². The number of carbonyl (C=O) groups excluding carboxylic acids is 2. The van der Waals surface area contributed by atoms with E-state index >= 15 is 0 Å². The summed E-state index contributed by atoms with van der Waals surface area (Å²) in [6, 6.07) is 31.6.